The van der Waals surface area contributed by atoms with Crippen LogP contribution in [0.15, 0.2) is 187 Å². The highest BCUT2D eigenvalue weighted by Crippen LogP contribution is 2.51. The van der Waals surface area contributed by atoms with Crippen molar-refractivity contribution in [2.75, 3.05) is 0 Å². The first kappa shape index (κ1) is 34.7. The summed E-state index contributed by atoms with van der Waals surface area (Å²) in [6.45, 7) is 0. The van der Waals surface area contributed by atoms with Gasteiger partial charge in [-0.15, -0.1) is 0 Å². The maximum atomic E-state index is 15.3. The molecule has 0 saturated carbocycles. The summed E-state index contributed by atoms with van der Waals surface area (Å²) in [6.07, 6.45) is 0. The molecule has 58 heavy (non-hydrogen) atoms. The van der Waals surface area contributed by atoms with Gasteiger partial charge in [0.15, 0.2) is 0 Å². The fourth-order valence-electron chi connectivity index (χ4n) is 8.27. The van der Waals surface area contributed by atoms with Gasteiger partial charge in [0, 0.05) is 41.8 Å². The molecule has 2 nitrogen and oxygen atoms in total. The Balaban J connectivity index is 1.42. The van der Waals surface area contributed by atoms with Crippen molar-refractivity contribution in [3.05, 3.63) is 192 Å². The quantitative estimate of drug-likeness (QED) is 0.131. The van der Waals surface area contributed by atoms with Crippen LogP contribution in [-0.4, -0.2) is 0 Å². The lowest BCUT2D eigenvalue weighted by Gasteiger charge is -2.25. The average molecular weight is 795 g/mol. The van der Waals surface area contributed by atoms with Crippen molar-refractivity contribution in [1.29, 1.82) is 0 Å². The van der Waals surface area contributed by atoms with Crippen LogP contribution in [0.1, 0.15) is 0 Å². The van der Waals surface area contributed by atoms with Crippen molar-refractivity contribution in [2.45, 2.75) is 19.6 Å². The largest absolute Gasteiger partial charge is 0.246 e. The van der Waals surface area contributed by atoms with Gasteiger partial charge < -0.3 is 0 Å². The van der Waals surface area contributed by atoms with E-state index < -0.39 is 23.3 Å². The van der Waals surface area contributed by atoms with Gasteiger partial charge in [0.05, 0.1) is 22.1 Å². The molecule has 0 amide bonds. The zero-order chi connectivity index (χ0) is 39.1. The third kappa shape index (κ3) is 5.66. The Labute approximate surface area is 338 Å². The molecule has 0 aliphatic carbocycles. The molecular formula is C50H26F4N2S2. The van der Waals surface area contributed by atoms with Crippen LogP contribution in [0.5, 0.6) is 0 Å². The molecule has 0 spiro atoms. The number of benzene rings is 9. The number of hydrogen-bond acceptors (Lipinski definition) is 4. The molecular weight excluding hydrogens is 769 g/mol. The second-order valence-electron chi connectivity index (χ2n) is 14.2. The third-order valence-electron chi connectivity index (χ3n) is 10.7. The summed E-state index contributed by atoms with van der Waals surface area (Å²) >= 11 is 3.08. The summed E-state index contributed by atoms with van der Waals surface area (Å²) in [4.78, 5) is 14.0. The smallest absolute Gasteiger partial charge is 0.123 e. The molecule has 0 saturated heterocycles. The standard InChI is InChI=1S/C50H26F4N2S2/c51-31-13-5-9-27(21-31)43-35-25-38-36(26-37(35)45(29-11-7-15-33(53)23-29)49-47(43)55-39-17-1-3-19-41(39)57-49)44(28-10-6-14-32(52)22-28)48-50(46(38)30-12-8-16-34(54)24-30)58-42-20-4-2-18-40(42)56-48/h1-26H. The van der Waals surface area contributed by atoms with Gasteiger partial charge in [-0.1, -0.05) is 96.3 Å². The van der Waals surface area contributed by atoms with Crippen LogP contribution in [-0.2, 0) is 0 Å². The van der Waals surface area contributed by atoms with Crippen LogP contribution in [0.3, 0.4) is 0 Å². The summed E-state index contributed by atoms with van der Waals surface area (Å²) in [5.41, 5.74) is 6.94. The van der Waals surface area contributed by atoms with E-state index in [2.05, 4.69) is 12.1 Å². The maximum absolute atomic E-state index is 15.3. The molecule has 2 heterocycles. The Morgan fingerprint density at radius 2 is 0.655 bits per heavy atom. The Hall–Kier alpha value is -6.48. The Morgan fingerprint density at radius 1 is 0.328 bits per heavy atom. The van der Waals surface area contributed by atoms with Crippen molar-refractivity contribution in [3.63, 3.8) is 0 Å². The van der Waals surface area contributed by atoms with Crippen LogP contribution < -0.4 is 10.7 Å². The van der Waals surface area contributed by atoms with Gasteiger partial charge in [0.1, 0.15) is 23.3 Å². The molecule has 2 aliphatic heterocycles. The van der Waals surface area contributed by atoms with Crippen LogP contribution in [0.2, 0.25) is 0 Å². The van der Waals surface area contributed by atoms with Crippen LogP contribution in [0.25, 0.3) is 66.1 Å². The number of halogens is 4. The van der Waals surface area contributed by atoms with E-state index in [0.717, 1.165) is 63.6 Å². The number of rotatable bonds is 4. The second-order valence-corrected chi connectivity index (χ2v) is 16.3. The first-order valence-electron chi connectivity index (χ1n) is 18.6. The molecule has 0 N–H and O–H groups in total. The molecule has 8 heteroatoms. The van der Waals surface area contributed by atoms with Gasteiger partial charge in [0.25, 0.3) is 0 Å². The summed E-state index contributed by atoms with van der Waals surface area (Å²) in [5.74, 6) is -1.61. The van der Waals surface area contributed by atoms with Gasteiger partial charge >= 0.3 is 0 Å². The van der Waals surface area contributed by atoms with Gasteiger partial charge in [-0.2, -0.15) is 0 Å². The van der Waals surface area contributed by atoms with Crippen LogP contribution in [0.4, 0.5) is 28.9 Å². The molecule has 276 valence electrons. The molecule has 11 rings (SSSR count). The SMILES string of the molecule is Fc1cccc(-c2c3c(c(-c4cccc(F)c4)c4cc5c(-c6cccc(F)c6)c6c(c(-c7cccc(F)c7)c5cc24)=Nc2ccccc2S6)=Nc2ccccc2S3)c1. The van der Waals surface area contributed by atoms with Crippen LogP contribution >= 0.6 is 23.5 Å². The molecule has 0 fully saturated rings. The predicted octanol–water partition coefficient (Wildman–Crippen LogP) is 14.0. The van der Waals surface area contributed by atoms with Crippen molar-refractivity contribution in [1.82, 2.24) is 0 Å². The van der Waals surface area contributed by atoms with E-state index in [-0.39, 0.29) is 0 Å². The molecule has 0 radical (unpaired) electrons. The molecule has 0 aromatic heterocycles. The summed E-state index contributed by atoms with van der Waals surface area (Å²) in [5, 5.41) is 4.25. The second kappa shape index (κ2) is 13.6. The van der Waals surface area contributed by atoms with Crippen molar-refractivity contribution in [3.8, 4) is 44.5 Å². The summed E-state index contributed by atoms with van der Waals surface area (Å²) in [6, 6.07) is 45.8. The highest BCUT2D eigenvalue weighted by Gasteiger charge is 2.29. The highest BCUT2D eigenvalue weighted by atomic mass is 32.2. The van der Waals surface area contributed by atoms with Gasteiger partial charge in [-0.25, -0.2) is 27.5 Å². The Kier molecular flexibility index (Phi) is 8.13. The molecule has 2 aliphatic rings. The van der Waals surface area contributed by atoms with Crippen LogP contribution in [0, 0.1) is 23.3 Å². The van der Waals surface area contributed by atoms with Gasteiger partial charge in [-0.05, 0) is 129 Å². The predicted molar refractivity (Wildman–Crippen MR) is 226 cm³/mol. The van der Waals surface area contributed by atoms with Crippen molar-refractivity contribution >= 4 is 56.4 Å². The first-order valence-corrected chi connectivity index (χ1v) is 20.2. The molecule has 0 atom stereocenters. The van der Waals surface area contributed by atoms with E-state index in [1.54, 1.807) is 24.3 Å². The van der Waals surface area contributed by atoms with Crippen molar-refractivity contribution in [2.24, 2.45) is 9.98 Å². The lowest BCUT2D eigenvalue weighted by molar-refractivity contribution is 0.628. The highest BCUT2D eigenvalue weighted by molar-refractivity contribution is 8.00. The summed E-state index contributed by atoms with van der Waals surface area (Å²) in [7, 11) is 0. The van der Waals surface area contributed by atoms with Gasteiger partial charge in [0.2, 0.25) is 0 Å². The number of hydrogen-bond donors (Lipinski definition) is 0. The lowest BCUT2D eigenvalue weighted by Crippen LogP contribution is -2.16. The fourth-order valence-corrected chi connectivity index (χ4v) is 10.6. The zero-order valence-electron chi connectivity index (χ0n) is 30.2. The minimum atomic E-state index is -0.405. The maximum Gasteiger partial charge on any atom is 0.123 e. The number of fused-ring (bicyclic) bond motifs is 6. The van der Waals surface area contributed by atoms with E-state index in [9.17, 15) is 0 Å². The average Bonchev–Trinajstić information content (AvgIpc) is 3.22. The monoisotopic (exact) mass is 794 g/mol. The third-order valence-corrected chi connectivity index (χ3v) is 13.0. The minimum Gasteiger partial charge on any atom is -0.246 e. The fraction of sp³-hybridized carbons (Fsp3) is 0. The van der Waals surface area contributed by atoms with E-state index in [1.807, 2.05) is 72.8 Å². The Bertz CT molecular complexity index is 3140. The van der Waals surface area contributed by atoms with E-state index >= 15 is 17.6 Å². The zero-order valence-corrected chi connectivity index (χ0v) is 31.9. The first-order chi connectivity index (χ1) is 28.4. The summed E-state index contributed by atoms with van der Waals surface area (Å²) < 4.78 is 61.3. The van der Waals surface area contributed by atoms with E-state index in [0.29, 0.717) is 44.1 Å². The van der Waals surface area contributed by atoms with Crippen molar-refractivity contribution < 1.29 is 17.6 Å². The van der Waals surface area contributed by atoms with E-state index in [4.69, 9.17) is 9.98 Å². The molecule has 9 aromatic carbocycles. The van der Waals surface area contributed by atoms with Gasteiger partial charge in [-0.3, -0.25) is 0 Å². The number of nitrogens with zero attached hydrogens (tertiary/aromatic N) is 2. The molecule has 0 bridgehead atoms. The Morgan fingerprint density at radius 3 is 1.02 bits per heavy atom. The number of para-hydroxylation sites is 2. The molecule has 9 aromatic rings. The topological polar surface area (TPSA) is 24.7 Å². The molecule has 0 unspecified atom stereocenters. The normalized spacial score (nSPS) is 12.6. The van der Waals surface area contributed by atoms with E-state index in [1.165, 1.54) is 72.1 Å². The minimum absolute atomic E-state index is 0.398. The lowest BCUT2D eigenvalue weighted by atomic mass is 9.85.